The van der Waals surface area contributed by atoms with Crippen LogP contribution in [0, 0.1) is 0 Å². The van der Waals surface area contributed by atoms with E-state index in [9.17, 15) is 13.2 Å². The number of hydrazone groups is 1. The third-order valence-electron chi connectivity index (χ3n) is 7.68. The van der Waals surface area contributed by atoms with Crippen LogP contribution in [-0.2, 0) is 19.2 Å². The summed E-state index contributed by atoms with van der Waals surface area (Å²) in [6.07, 6.45) is 2.50. The standard InChI is InChI=1S/C31H27Cl3N4O4S/c32-24-11-8-22(9-12-24)30-20-28(35-37(30)29-15-13-25(33)19-27(29)34)31(39)36-38(16-4-1-5-17-38)42-43(40,41)26-14-10-21-6-2-3-7-23(21)18-26/h2-3,6-15,18-19,30H,1,4-5,16-17,20H2/p+1. The zero-order valence-corrected chi connectivity index (χ0v) is 26.0. The molecule has 1 unspecified atom stereocenters. The van der Waals surface area contributed by atoms with Gasteiger partial charge in [0, 0.05) is 29.3 Å². The largest absolute Gasteiger partial charge is 0.345 e. The first-order valence-electron chi connectivity index (χ1n) is 13.8. The van der Waals surface area contributed by atoms with Gasteiger partial charge in [0.25, 0.3) is 0 Å². The Morgan fingerprint density at radius 2 is 1.56 bits per heavy atom. The fraction of sp³-hybridized carbons (Fsp3) is 0.226. The van der Waals surface area contributed by atoms with E-state index < -0.39 is 20.8 Å². The number of benzene rings is 4. The highest BCUT2D eigenvalue weighted by Gasteiger charge is 2.43. The highest BCUT2D eigenvalue weighted by atomic mass is 35.5. The fourth-order valence-electron chi connectivity index (χ4n) is 5.51. The van der Waals surface area contributed by atoms with Crippen LogP contribution in [0.15, 0.2) is 94.9 Å². The van der Waals surface area contributed by atoms with Crippen LogP contribution < -0.4 is 10.4 Å². The lowest BCUT2D eigenvalue weighted by Crippen LogP contribution is -2.64. The number of quaternary nitrogens is 1. The molecule has 1 amide bonds. The predicted octanol–water partition coefficient (Wildman–Crippen LogP) is 7.46. The van der Waals surface area contributed by atoms with Crippen molar-refractivity contribution in [2.45, 2.75) is 36.6 Å². The molecule has 1 saturated heterocycles. The second kappa shape index (κ2) is 12.1. The zero-order valence-electron chi connectivity index (χ0n) is 22.9. The molecule has 1 fully saturated rings. The molecule has 0 radical (unpaired) electrons. The zero-order chi connectivity index (χ0) is 30.2. The van der Waals surface area contributed by atoms with Crippen LogP contribution in [0.25, 0.3) is 10.8 Å². The lowest BCUT2D eigenvalue weighted by molar-refractivity contribution is -1.11. The van der Waals surface area contributed by atoms with Gasteiger partial charge in [0.2, 0.25) is 0 Å². The molecule has 1 N–H and O–H groups in total. The van der Waals surface area contributed by atoms with Crippen molar-refractivity contribution in [3.63, 3.8) is 0 Å². The number of nitrogens with one attached hydrogen (secondary N) is 1. The topological polar surface area (TPSA) is 88.1 Å². The van der Waals surface area contributed by atoms with Gasteiger partial charge in [0.05, 0.1) is 21.6 Å². The summed E-state index contributed by atoms with van der Waals surface area (Å²) in [7, 11) is -4.24. The molecule has 8 nitrogen and oxygen atoms in total. The number of fused-ring (bicyclic) bond motifs is 1. The number of amides is 1. The molecule has 1 atom stereocenters. The normalized spacial score (nSPS) is 18.4. The van der Waals surface area contributed by atoms with Gasteiger partial charge in [0.1, 0.15) is 18.8 Å². The van der Waals surface area contributed by atoms with Gasteiger partial charge in [-0.25, -0.2) is 0 Å². The van der Waals surface area contributed by atoms with Gasteiger partial charge >= 0.3 is 16.0 Å². The van der Waals surface area contributed by atoms with E-state index in [1.54, 1.807) is 47.5 Å². The van der Waals surface area contributed by atoms with Crippen LogP contribution in [0.1, 0.15) is 37.3 Å². The van der Waals surface area contributed by atoms with Crippen molar-refractivity contribution in [1.29, 1.82) is 0 Å². The molecule has 0 spiro atoms. The van der Waals surface area contributed by atoms with Crippen LogP contribution in [0.5, 0.6) is 0 Å². The summed E-state index contributed by atoms with van der Waals surface area (Å²) >= 11 is 18.8. The Morgan fingerprint density at radius 1 is 0.860 bits per heavy atom. The monoisotopic (exact) mass is 657 g/mol. The van der Waals surface area contributed by atoms with E-state index in [0.717, 1.165) is 22.8 Å². The number of anilines is 1. The van der Waals surface area contributed by atoms with Gasteiger partial charge in [-0.05, 0) is 69.5 Å². The summed E-state index contributed by atoms with van der Waals surface area (Å²) in [5.74, 6) is -0.526. The van der Waals surface area contributed by atoms with Gasteiger partial charge in [-0.2, -0.15) is 18.9 Å². The lowest BCUT2D eigenvalue weighted by atomic mass is 10.0. The maximum absolute atomic E-state index is 13.8. The van der Waals surface area contributed by atoms with Crippen molar-refractivity contribution in [3.8, 4) is 0 Å². The highest BCUT2D eigenvalue weighted by Crippen LogP contribution is 2.40. The molecule has 4 aromatic carbocycles. The summed E-state index contributed by atoms with van der Waals surface area (Å²) in [6.45, 7) is 0.582. The summed E-state index contributed by atoms with van der Waals surface area (Å²) in [4.78, 5) is 13.8. The third-order valence-corrected chi connectivity index (χ3v) is 9.78. The average molecular weight is 659 g/mol. The van der Waals surface area contributed by atoms with Crippen molar-refractivity contribution < 1.29 is 22.3 Å². The minimum absolute atomic E-state index is 0.0214. The Bertz CT molecular complexity index is 1830. The third kappa shape index (κ3) is 6.38. The molecule has 6 rings (SSSR count). The van der Waals surface area contributed by atoms with E-state index in [2.05, 4.69) is 10.5 Å². The number of hydrogen-bond donors (Lipinski definition) is 1. The average Bonchev–Trinajstić information content (AvgIpc) is 3.43. The van der Waals surface area contributed by atoms with Crippen LogP contribution in [0.2, 0.25) is 15.1 Å². The van der Waals surface area contributed by atoms with Crippen LogP contribution in [-0.4, -0.2) is 37.9 Å². The lowest BCUT2D eigenvalue weighted by Gasteiger charge is -2.35. The number of carbonyl (C=O) groups is 1. The van der Waals surface area contributed by atoms with E-state index in [4.69, 9.17) is 39.1 Å². The number of carbonyl (C=O) groups excluding carboxylic acids is 1. The fourth-order valence-corrected chi connectivity index (χ4v) is 7.29. The first kappa shape index (κ1) is 29.9. The van der Waals surface area contributed by atoms with E-state index in [1.807, 2.05) is 36.4 Å². The van der Waals surface area contributed by atoms with E-state index in [-0.39, 0.29) is 23.1 Å². The number of nitrogens with zero attached hydrogens (tertiary/aromatic N) is 3. The predicted molar refractivity (Wildman–Crippen MR) is 169 cm³/mol. The van der Waals surface area contributed by atoms with Gasteiger partial charge in [-0.3, -0.25) is 9.80 Å². The van der Waals surface area contributed by atoms with Crippen LogP contribution in [0.4, 0.5) is 5.69 Å². The van der Waals surface area contributed by atoms with Crippen molar-refractivity contribution in [2.75, 3.05) is 18.1 Å². The molecular formula is C31H28Cl3N4O4S+. The van der Waals surface area contributed by atoms with Gasteiger partial charge in [-0.1, -0.05) is 82.0 Å². The summed E-state index contributed by atoms with van der Waals surface area (Å²) in [6, 6.07) is 24.3. The maximum Gasteiger partial charge on any atom is 0.345 e. The second-order valence-electron chi connectivity index (χ2n) is 10.6. The molecule has 2 aliphatic rings. The number of hydroxylamine groups is 2. The minimum atomic E-state index is -4.24. The van der Waals surface area contributed by atoms with Crippen molar-refractivity contribution in [3.05, 3.63) is 106 Å². The van der Waals surface area contributed by atoms with Crippen molar-refractivity contribution >= 4 is 73.0 Å². The molecule has 0 saturated carbocycles. The Morgan fingerprint density at radius 3 is 2.28 bits per heavy atom. The highest BCUT2D eigenvalue weighted by molar-refractivity contribution is 7.86. The van der Waals surface area contributed by atoms with E-state index in [1.165, 1.54) is 6.07 Å². The van der Waals surface area contributed by atoms with Gasteiger partial charge in [0.15, 0.2) is 0 Å². The number of halogens is 3. The molecule has 2 heterocycles. The van der Waals surface area contributed by atoms with Crippen molar-refractivity contribution in [1.82, 2.24) is 5.43 Å². The van der Waals surface area contributed by atoms with Crippen molar-refractivity contribution in [2.24, 2.45) is 5.10 Å². The minimum Gasteiger partial charge on any atom is -0.263 e. The maximum atomic E-state index is 13.8. The number of hydrogen-bond acceptors (Lipinski definition) is 6. The molecule has 0 aliphatic carbocycles. The quantitative estimate of drug-likeness (QED) is 0.208. The molecule has 0 aromatic heterocycles. The molecule has 12 heteroatoms. The van der Waals surface area contributed by atoms with E-state index in [0.29, 0.717) is 46.7 Å². The van der Waals surface area contributed by atoms with Crippen LogP contribution in [0.3, 0.4) is 0 Å². The Hall–Kier alpha value is -3.18. The Kier molecular flexibility index (Phi) is 8.39. The smallest absolute Gasteiger partial charge is 0.263 e. The Balaban J connectivity index is 1.30. The first-order valence-corrected chi connectivity index (χ1v) is 16.4. The summed E-state index contributed by atoms with van der Waals surface area (Å²) in [5.41, 5.74) is 4.54. The van der Waals surface area contributed by atoms with E-state index >= 15 is 0 Å². The Labute approximate surface area is 265 Å². The first-order chi connectivity index (χ1) is 20.6. The number of rotatable bonds is 7. The summed E-state index contributed by atoms with van der Waals surface area (Å²) < 4.78 is 32.4. The number of piperidine rings is 1. The summed E-state index contributed by atoms with van der Waals surface area (Å²) in [5, 5.41) is 9.48. The second-order valence-corrected chi connectivity index (χ2v) is 13.4. The molecule has 2 aliphatic heterocycles. The van der Waals surface area contributed by atoms with Gasteiger partial charge in [-0.15, -0.1) is 0 Å². The molecular weight excluding hydrogens is 631 g/mol. The molecule has 0 bridgehead atoms. The molecule has 43 heavy (non-hydrogen) atoms. The van der Waals surface area contributed by atoms with Crippen LogP contribution >= 0.6 is 34.8 Å². The molecule has 4 aromatic rings. The van der Waals surface area contributed by atoms with Gasteiger partial charge < -0.3 is 0 Å². The SMILES string of the molecule is O=C(N[N+]1(OS(=O)(=O)c2ccc3ccccc3c2)CCCCC1)C1=NN(c2ccc(Cl)cc2Cl)C(c2ccc(Cl)cc2)C1. The molecule has 222 valence electrons.